The van der Waals surface area contributed by atoms with Crippen molar-refractivity contribution in [2.24, 2.45) is 5.92 Å². The van der Waals surface area contributed by atoms with Gasteiger partial charge in [-0.2, -0.15) is 5.10 Å². The van der Waals surface area contributed by atoms with Gasteiger partial charge in [-0.1, -0.05) is 24.4 Å². The molecule has 1 fully saturated rings. The van der Waals surface area contributed by atoms with Crippen LogP contribution in [0.3, 0.4) is 0 Å². The van der Waals surface area contributed by atoms with Crippen LogP contribution in [0, 0.1) is 12.8 Å². The van der Waals surface area contributed by atoms with Gasteiger partial charge >= 0.3 is 5.97 Å². The van der Waals surface area contributed by atoms with E-state index in [4.69, 9.17) is 16.7 Å². The van der Waals surface area contributed by atoms with Crippen molar-refractivity contribution >= 4 is 29.2 Å². The van der Waals surface area contributed by atoms with Crippen molar-refractivity contribution in [1.29, 1.82) is 0 Å². The van der Waals surface area contributed by atoms with Gasteiger partial charge in [0, 0.05) is 12.7 Å². The number of anilines is 1. The number of halogens is 1. The number of hydrogen-bond donors (Lipinski definition) is 3. The first-order valence-corrected chi connectivity index (χ1v) is 11.7. The first-order valence-electron chi connectivity index (χ1n) is 11.3. The van der Waals surface area contributed by atoms with Crippen LogP contribution in [0.25, 0.3) is 5.82 Å². The number of aryl methyl sites for hydroxylation is 1. The zero-order valence-corrected chi connectivity index (χ0v) is 19.6. The molecule has 3 aromatic rings. The summed E-state index contributed by atoms with van der Waals surface area (Å²) in [6.45, 7) is 1.92. The van der Waals surface area contributed by atoms with E-state index in [1.807, 2.05) is 25.1 Å². The standard InChI is InChI=1S/C24H27ClN6O3/c1-15-19(25)14-31(30-15)21-9-7-18(13-28-21)29-23(16-4-2-3-5-16)20-8-6-17(12-27-20)24(34)26-11-10-22(32)33/h6-9,12-14,16,23,29H,2-5,10-11H2,1H3,(H,26,34)(H,32,33)/t23-/m1/s1. The zero-order chi connectivity index (χ0) is 24.1. The number of amides is 1. The Morgan fingerprint density at radius 3 is 2.56 bits per heavy atom. The van der Waals surface area contributed by atoms with Crippen LogP contribution in [0.2, 0.25) is 5.02 Å². The maximum atomic E-state index is 12.2. The van der Waals surface area contributed by atoms with Crippen molar-refractivity contribution in [1.82, 2.24) is 25.1 Å². The van der Waals surface area contributed by atoms with Gasteiger partial charge in [0.05, 0.1) is 52.5 Å². The average Bonchev–Trinajstić information content (AvgIpc) is 3.48. The summed E-state index contributed by atoms with van der Waals surface area (Å²) in [6, 6.07) is 7.42. The van der Waals surface area contributed by atoms with Gasteiger partial charge in [0.2, 0.25) is 0 Å². The summed E-state index contributed by atoms with van der Waals surface area (Å²) in [5.74, 6) is -0.186. The first kappa shape index (κ1) is 23.7. The molecule has 3 aromatic heterocycles. The Bertz CT molecular complexity index is 1120. The molecule has 0 radical (unpaired) electrons. The van der Waals surface area contributed by atoms with E-state index in [0.29, 0.717) is 22.3 Å². The van der Waals surface area contributed by atoms with E-state index in [9.17, 15) is 9.59 Å². The van der Waals surface area contributed by atoms with E-state index in [0.717, 1.165) is 29.9 Å². The summed E-state index contributed by atoms with van der Waals surface area (Å²) in [5, 5.41) is 19.9. The minimum atomic E-state index is -0.953. The van der Waals surface area contributed by atoms with Crippen molar-refractivity contribution in [3.8, 4) is 5.82 Å². The zero-order valence-electron chi connectivity index (χ0n) is 18.9. The Labute approximate surface area is 202 Å². The van der Waals surface area contributed by atoms with Crippen LogP contribution in [0.1, 0.15) is 59.9 Å². The van der Waals surface area contributed by atoms with Crippen LogP contribution in [0.15, 0.2) is 42.9 Å². The quantitative estimate of drug-likeness (QED) is 0.418. The second-order valence-corrected chi connectivity index (χ2v) is 8.86. The van der Waals surface area contributed by atoms with Gasteiger partial charge in [-0.15, -0.1) is 0 Å². The largest absolute Gasteiger partial charge is 0.481 e. The lowest BCUT2D eigenvalue weighted by atomic mass is 9.94. The van der Waals surface area contributed by atoms with E-state index in [1.54, 1.807) is 29.3 Å². The summed E-state index contributed by atoms with van der Waals surface area (Å²) in [6.07, 6.45) is 9.50. The van der Waals surface area contributed by atoms with Crippen LogP contribution in [-0.4, -0.2) is 43.3 Å². The molecule has 9 nitrogen and oxygen atoms in total. The van der Waals surface area contributed by atoms with Gasteiger partial charge in [0.15, 0.2) is 5.82 Å². The van der Waals surface area contributed by atoms with Crippen LogP contribution in [0.5, 0.6) is 0 Å². The smallest absolute Gasteiger partial charge is 0.305 e. The molecule has 0 bridgehead atoms. The molecule has 1 amide bonds. The Morgan fingerprint density at radius 1 is 1.18 bits per heavy atom. The topological polar surface area (TPSA) is 122 Å². The molecule has 0 aromatic carbocycles. The molecule has 10 heteroatoms. The molecule has 1 aliphatic carbocycles. The van der Waals surface area contributed by atoms with E-state index in [2.05, 4.69) is 25.7 Å². The lowest BCUT2D eigenvalue weighted by Gasteiger charge is -2.25. The molecule has 1 aliphatic rings. The highest BCUT2D eigenvalue weighted by Gasteiger charge is 2.27. The second kappa shape index (κ2) is 10.6. The SMILES string of the molecule is Cc1nn(-c2ccc(N[C@@H](c3ccc(C(=O)NCCC(=O)O)cn3)C3CCCC3)cn2)cc1Cl. The van der Waals surface area contributed by atoms with Crippen LogP contribution < -0.4 is 10.6 Å². The number of carboxylic acids is 1. The summed E-state index contributed by atoms with van der Waals surface area (Å²) in [7, 11) is 0. The van der Waals surface area contributed by atoms with E-state index >= 15 is 0 Å². The molecule has 0 aliphatic heterocycles. The molecule has 0 saturated heterocycles. The van der Waals surface area contributed by atoms with Gasteiger partial charge < -0.3 is 15.7 Å². The third-order valence-corrected chi connectivity index (χ3v) is 6.38. The van der Waals surface area contributed by atoms with Crippen molar-refractivity contribution in [3.63, 3.8) is 0 Å². The average molecular weight is 483 g/mol. The fraction of sp³-hybridized carbons (Fsp3) is 0.375. The third-order valence-electron chi connectivity index (χ3n) is 6.01. The van der Waals surface area contributed by atoms with Gasteiger partial charge in [0.1, 0.15) is 0 Å². The van der Waals surface area contributed by atoms with Crippen LogP contribution >= 0.6 is 11.6 Å². The number of carboxylic acid groups (broad SMARTS) is 1. The Balaban J connectivity index is 1.48. The number of carbonyl (C=O) groups is 2. The highest BCUT2D eigenvalue weighted by atomic mass is 35.5. The molecule has 3 N–H and O–H groups in total. The predicted molar refractivity (Wildman–Crippen MR) is 128 cm³/mol. The summed E-state index contributed by atoms with van der Waals surface area (Å²) in [5.41, 5.74) is 2.87. The highest BCUT2D eigenvalue weighted by molar-refractivity contribution is 6.31. The fourth-order valence-corrected chi connectivity index (χ4v) is 4.31. The number of hydrogen-bond acceptors (Lipinski definition) is 6. The molecule has 0 spiro atoms. The molecule has 0 unspecified atom stereocenters. The second-order valence-electron chi connectivity index (χ2n) is 8.45. The molecular formula is C24H27ClN6O3. The van der Waals surface area contributed by atoms with E-state index in [-0.39, 0.29) is 24.9 Å². The minimum absolute atomic E-state index is 0.0133. The third kappa shape index (κ3) is 5.72. The maximum absolute atomic E-state index is 12.2. The molecule has 178 valence electrons. The summed E-state index contributed by atoms with van der Waals surface area (Å²) < 4.78 is 1.65. The van der Waals surface area contributed by atoms with E-state index in [1.165, 1.54) is 12.8 Å². The van der Waals surface area contributed by atoms with Crippen LogP contribution in [0.4, 0.5) is 5.69 Å². The lowest BCUT2D eigenvalue weighted by molar-refractivity contribution is -0.136. The van der Waals surface area contributed by atoms with Crippen molar-refractivity contribution in [3.05, 3.63) is 64.8 Å². The van der Waals surface area contributed by atoms with Crippen molar-refractivity contribution in [2.75, 3.05) is 11.9 Å². The fourth-order valence-electron chi connectivity index (χ4n) is 4.18. The highest BCUT2D eigenvalue weighted by Crippen LogP contribution is 2.37. The molecule has 4 rings (SSSR count). The number of pyridine rings is 2. The normalized spacial score (nSPS) is 14.6. The molecular weight excluding hydrogens is 456 g/mol. The summed E-state index contributed by atoms with van der Waals surface area (Å²) in [4.78, 5) is 32.0. The number of rotatable bonds is 9. The predicted octanol–water partition coefficient (Wildman–Crippen LogP) is 4.17. The van der Waals surface area contributed by atoms with Crippen molar-refractivity contribution < 1.29 is 14.7 Å². The number of aliphatic carboxylic acids is 1. The maximum Gasteiger partial charge on any atom is 0.305 e. The molecule has 3 heterocycles. The summed E-state index contributed by atoms with van der Waals surface area (Å²) >= 11 is 6.11. The Kier molecular flexibility index (Phi) is 7.42. The minimum Gasteiger partial charge on any atom is -0.481 e. The first-order chi connectivity index (χ1) is 16.4. The van der Waals surface area contributed by atoms with Gasteiger partial charge in [-0.3, -0.25) is 14.6 Å². The number of aromatic nitrogens is 4. The number of nitrogens with one attached hydrogen (secondary N) is 2. The van der Waals surface area contributed by atoms with Gasteiger partial charge in [-0.05, 0) is 49.9 Å². The van der Waals surface area contributed by atoms with Gasteiger partial charge in [-0.25, -0.2) is 9.67 Å². The van der Waals surface area contributed by atoms with E-state index < -0.39 is 5.97 Å². The monoisotopic (exact) mass is 482 g/mol. The number of nitrogens with zero attached hydrogens (tertiary/aromatic N) is 4. The van der Waals surface area contributed by atoms with Crippen LogP contribution in [-0.2, 0) is 4.79 Å². The van der Waals surface area contributed by atoms with Crippen molar-refractivity contribution in [2.45, 2.75) is 45.1 Å². The molecule has 34 heavy (non-hydrogen) atoms. The number of carbonyl (C=O) groups excluding carboxylic acids is 1. The van der Waals surface area contributed by atoms with Gasteiger partial charge in [0.25, 0.3) is 5.91 Å². The lowest BCUT2D eigenvalue weighted by Crippen LogP contribution is -2.26. The molecule has 1 atom stereocenters. The Hall–Kier alpha value is -3.46. The molecule has 1 saturated carbocycles. The Morgan fingerprint density at radius 2 is 1.97 bits per heavy atom.